The number of nitrogens with two attached hydrogens (primary N) is 2. The molecule has 0 spiro atoms. The number of hydrogen-bond acceptors (Lipinski definition) is 10. The van der Waals surface area contributed by atoms with Crippen LogP contribution in [0.25, 0.3) is 10.2 Å². The molecule has 0 aliphatic carbocycles. The number of nitrogens with one attached hydrogen (secondary N) is 1. The molecule has 16 heteroatoms. The molecule has 2 fully saturated rings. The zero-order valence-electron chi connectivity index (χ0n) is 28.6. The first-order chi connectivity index (χ1) is 24.8. The van der Waals surface area contributed by atoms with Crippen molar-refractivity contribution in [2.75, 3.05) is 31.2 Å². The van der Waals surface area contributed by atoms with Crippen molar-refractivity contribution < 1.29 is 23.9 Å². The molecule has 6 rings (SSSR count). The number of fused-ring (bicyclic) bond motifs is 2. The van der Waals surface area contributed by atoms with Crippen LogP contribution in [0.2, 0.25) is 10.0 Å². The lowest BCUT2D eigenvalue weighted by molar-refractivity contribution is -0.158. The number of carbonyl (C=O) groups is 4. The van der Waals surface area contributed by atoms with Crippen molar-refractivity contribution in [3.63, 3.8) is 0 Å². The largest absolute Gasteiger partial charge is 0.483 e. The number of benzene rings is 3. The number of ketones is 1. The Bertz CT molecular complexity index is 2060. The van der Waals surface area contributed by atoms with Gasteiger partial charge in [-0.15, -0.1) is 0 Å². The van der Waals surface area contributed by atoms with Gasteiger partial charge in [0.1, 0.15) is 18.0 Å². The van der Waals surface area contributed by atoms with E-state index in [2.05, 4.69) is 16.9 Å². The van der Waals surface area contributed by atoms with Crippen LogP contribution in [0, 0.1) is 0 Å². The highest BCUT2D eigenvalue weighted by Gasteiger charge is 2.52. The number of rotatable bonds is 12. The third-order valence-electron chi connectivity index (χ3n) is 8.95. The van der Waals surface area contributed by atoms with Crippen LogP contribution in [-0.4, -0.2) is 86.4 Å². The molecule has 1 aromatic heterocycles. The fraction of sp³-hybridized carbons (Fsp3) is 0.306. The predicted octanol–water partition coefficient (Wildman–Crippen LogP) is 4.86. The number of halogens is 2. The highest BCUT2D eigenvalue weighted by molar-refractivity contribution is 7.22. The fourth-order valence-corrected chi connectivity index (χ4v) is 7.67. The van der Waals surface area contributed by atoms with Crippen LogP contribution in [0.5, 0.6) is 5.75 Å². The Morgan fingerprint density at radius 1 is 1.12 bits per heavy atom. The van der Waals surface area contributed by atoms with Crippen LogP contribution in [0.15, 0.2) is 67.3 Å². The first kappa shape index (κ1) is 36.9. The summed E-state index contributed by atoms with van der Waals surface area (Å²) in [7, 11) is 0. The Balaban J connectivity index is 1.31. The number of urea groups is 1. The van der Waals surface area contributed by atoms with Gasteiger partial charge in [0.15, 0.2) is 17.5 Å². The van der Waals surface area contributed by atoms with Crippen molar-refractivity contribution in [3.8, 4) is 5.75 Å². The normalized spacial score (nSPS) is 17.5. The molecule has 0 saturated carbocycles. The molecule has 0 unspecified atom stereocenters. The van der Waals surface area contributed by atoms with Gasteiger partial charge in [-0.25, -0.2) is 9.78 Å². The van der Waals surface area contributed by atoms with E-state index in [0.29, 0.717) is 32.0 Å². The maximum Gasteiger partial charge on any atom is 0.332 e. The second-order valence-electron chi connectivity index (χ2n) is 12.8. The molecule has 4 aromatic rings. The summed E-state index contributed by atoms with van der Waals surface area (Å²) in [5.74, 6) is -0.542. The van der Waals surface area contributed by atoms with Crippen LogP contribution < -0.4 is 21.5 Å². The van der Waals surface area contributed by atoms with Gasteiger partial charge in [0.2, 0.25) is 11.8 Å². The molecular formula is C36H38Cl2N8O5S. The molecule has 2 saturated heterocycles. The highest BCUT2D eigenvalue weighted by atomic mass is 35.5. The fourth-order valence-electron chi connectivity index (χ4n) is 6.56. The number of carbonyl (C=O) groups excluding carboxylic acids is 4. The molecule has 2 atom stereocenters. The molecular weight excluding hydrogens is 727 g/mol. The highest BCUT2D eigenvalue weighted by Crippen LogP contribution is 2.34. The number of para-hydroxylation sites is 1. The van der Waals surface area contributed by atoms with E-state index in [4.69, 9.17) is 39.4 Å². The van der Waals surface area contributed by atoms with E-state index < -0.39 is 18.2 Å². The lowest BCUT2D eigenvalue weighted by Crippen LogP contribution is -2.66. The Morgan fingerprint density at radius 3 is 2.60 bits per heavy atom. The number of piperazine rings is 1. The molecule has 0 radical (unpaired) electrons. The number of aromatic nitrogens is 1. The number of ether oxygens (including phenoxy) is 1. The molecule has 272 valence electrons. The smallest absolute Gasteiger partial charge is 0.332 e. The van der Waals surface area contributed by atoms with E-state index in [9.17, 15) is 19.2 Å². The number of amides is 4. The van der Waals surface area contributed by atoms with Gasteiger partial charge in [-0.2, -0.15) is 5.01 Å². The van der Waals surface area contributed by atoms with Crippen LogP contribution in [-0.2, 0) is 33.9 Å². The third-order valence-corrected chi connectivity index (χ3v) is 10.5. The van der Waals surface area contributed by atoms with Crippen molar-refractivity contribution in [1.82, 2.24) is 30.1 Å². The zero-order valence-corrected chi connectivity index (χ0v) is 30.9. The molecule has 2 aliphatic heterocycles. The summed E-state index contributed by atoms with van der Waals surface area (Å²) < 4.78 is 6.44. The molecule has 5 N–H and O–H groups in total. The number of anilines is 2. The molecule has 2 aliphatic rings. The van der Waals surface area contributed by atoms with Gasteiger partial charge in [-0.1, -0.05) is 65.4 Å². The minimum Gasteiger partial charge on any atom is -0.483 e. The number of nitrogens with zero attached hydrogens (tertiary/aromatic N) is 5. The minimum absolute atomic E-state index is 0.120. The zero-order chi connectivity index (χ0) is 37.3. The van der Waals surface area contributed by atoms with Crippen molar-refractivity contribution in [3.05, 3.63) is 94.0 Å². The molecule has 3 aromatic carbocycles. The first-order valence-corrected chi connectivity index (χ1v) is 18.1. The molecule has 52 heavy (non-hydrogen) atoms. The topological polar surface area (TPSA) is 167 Å². The quantitative estimate of drug-likeness (QED) is 0.135. The lowest BCUT2D eigenvalue weighted by Gasteiger charge is -2.47. The number of nitrogen functional groups attached to an aromatic ring is 2. The lowest BCUT2D eigenvalue weighted by atomic mass is 9.99. The summed E-state index contributed by atoms with van der Waals surface area (Å²) in [6, 6.07) is 14.2. The summed E-state index contributed by atoms with van der Waals surface area (Å²) in [6.45, 7) is 7.35. The monoisotopic (exact) mass is 764 g/mol. The van der Waals surface area contributed by atoms with Gasteiger partial charge in [-0.05, 0) is 66.9 Å². The van der Waals surface area contributed by atoms with E-state index in [-0.39, 0.29) is 68.5 Å². The number of hydrogen-bond donors (Lipinski definition) is 3. The molecule has 13 nitrogen and oxygen atoms in total. The van der Waals surface area contributed by atoms with Gasteiger partial charge in [0.25, 0.3) is 0 Å². The van der Waals surface area contributed by atoms with E-state index in [1.807, 2.05) is 32.0 Å². The molecule has 0 bridgehead atoms. The van der Waals surface area contributed by atoms with E-state index >= 15 is 0 Å². The SMILES string of the molecule is C=CC(=O)COc1ccc(C[C@H]2C(=O)N(Cc3cccc4sc(N)nc34)C[C@H]3N2C(=O)CN3N(C(=O)NCc2ccc(Cl)c(Cl)c2)C(C)C)cc1N. The second-order valence-corrected chi connectivity index (χ2v) is 14.7. The van der Waals surface area contributed by atoms with Crippen molar-refractivity contribution in [1.29, 1.82) is 0 Å². The third kappa shape index (κ3) is 7.65. The molecule has 4 amide bonds. The Kier molecular flexibility index (Phi) is 10.9. The number of thiazole rings is 1. The first-order valence-electron chi connectivity index (χ1n) is 16.5. The van der Waals surface area contributed by atoms with Gasteiger partial charge < -0.3 is 31.3 Å². The van der Waals surface area contributed by atoms with Crippen LogP contribution in [0.3, 0.4) is 0 Å². The maximum atomic E-state index is 14.4. The van der Waals surface area contributed by atoms with Gasteiger partial charge in [0, 0.05) is 25.6 Å². The van der Waals surface area contributed by atoms with Crippen LogP contribution in [0.4, 0.5) is 15.6 Å². The Hall–Kier alpha value is -4.89. The van der Waals surface area contributed by atoms with Crippen LogP contribution in [0.1, 0.15) is 30.5 Å². The standard InChI is InChI=1S/C36H38Cl2N8O5S/c1-4-24(47)19-51-29-11-9-21(13-27(29)39)14-28-34(49)43(16-23-6-5-7-30-33(23)42-35(40)52-30)17-31-44(18-32(48)45(28)31)46(20(2)3)36(50)41-15-22-8-10-25(37)26(38)12-22/h4-13,20,28,31H,1,14-19,39H2,2-3H3,(H2,40,42)(H,41,50)/t28-,31+/m0/s1. The average Bonchev–Trinajstić information content (AvgIpc) is 3.65. The summed E-state index contributed by atoms with van der Waals surface area (Å²) in [6.07, 6.45) is 0.639. The minimum atomic E-state index is -0.919. The van der Waals surface area contributed by atoms with Gasteiger partial charge in [-0.3, -0.25) is 19.4 Å². The van der Waals surface area contributed by atoms with Crippen LogP contribution >= 0.6 is 34.5 Å². The van der Waals surface area contributed by atoms with E-state index in [1.54, 1.807) is 51.2 Å². The van der Waals surface area contributed by atoms with E-state index in [1.165, 1.54) is 22.4 Å². The van der Waals surface area contributed by atoms with Crippen molar-refractivity contribution >= 4 is 79.2 Å². The predicted molar refractivity (Wildman–Crippen MR) is 202 cm³/mol. The van der Waals surface area contributed by atoms with E-state index in [0.717, 1.165) is 15.8 Å². The molecule has 3 heterocycles. The average molecular weight is 766 g/mol. The summed E-state index contributed by atoms with van der Waals surface area (Å²) in [5.41, 5.74) is 15.6. The number of hydrazine groups is 1. The van der Waals surface area contributed by atoms with Crippen molar-refractivity contribution in [2.24, 2.45) is 0 Å². The Morgan fingerprint density at radius 2 is 1.88 bits per heavy atom. The van der Waals surface area contributed by atoms with Crippen molar-refractivity contribution in [2.45, 2.75) is 51.6 Å². The Labute approximate surface area is 314 Å². The summed E-state index contributed by atoms with van der Waals surface area (Å²) in [4.78, 5) is 61.7. The second kappa shape index (κ2) is 15.4. The van der Waals surface area contributed by atoms with Gasteiger partial charge in [0.05, 0.1) is 39.0 Å². The summed E-state index contributed by atoms with van der Waals surface area (Å²) in [5, 5.41) is 7.40. The summed E-state index contributed by atoms with van der Waals surface area (Å²) >= 11 is 13.6. The van der Waals surface area contributed by atoms with Gasteiger partial charge >= 0.3 is 6.03 Å². The maximum absolute atomic E-state index is 14.4.